The van der Waals surface area contributed by atoms with E-state index in [-0.39, 0.29) is 17.7 Å². The van der Waals surface area contributed by atoms with Gasteiger partial charge in [-0.05, 0) is 12.8 Å². The van der Waals surface area contributed by atoms with Crippen molar-refractivity contribution >= 4 is 37.3 Å². The van der Waals surface area contributed by atoms with Gasteiger partial charge in [0.25, 0.3) is 0 Å². The molecule has 0 spiro atoms. The topological polar surface area (TPSA) is 144 Å². The number of rotatable bonds is 7. The molecule has 0 saturated carbocycles. The number of carboxylic acids is 1. The van der Waals surface area contributed by atoms with Crippen LogP contribution in [-0.2, 0) is 14.2 Å². The number of carbonyl (C=O) groups is 3. The van der Waals surface area contributed by atoms with Crippen molar-refractivity contribution in [2.24, 2.45) is 0 Å². The van der Waals surface area contributed by atoms with Gasteiger partial charge < -0.3 is 20.2 Å². The van der Waals surface area contributed by atoms with Crippen LogP contribution in [0, 0.1) is 0 Å². The Hall–Kier alpha value is -1.09. The maximum absolute atomic E-state index is 12.0. The van der Waals surface area contributed by atoms with Crippen LogP contribution in [0.1, 0.15) is 25.7 Å². The zero-order chi connectivity index (χ0) is 17.2. The highest BCUT2D eigenvalue weighted by molar-refractivity contribution is 8.00. The largest absolute Gasteiger partial charge is 0.481 e. The highest BCUT2D eigenvalue weighted by Gasteiger charge is 2.50. The average Bonchev–Trinajstić information content (AvgIpc) is 2.90. The maximum atomic E-state index is 12.0. The molecule has 3 atom stereocenters. The minimum Gasteiger partial charge on any atom is -0.481 e. The number of carboxylic acid groups (broad SMARTS) is 1. The fourth-order valence-electron chi connectivity index (χ4n) is 2.90. The van der Waals surface area contributed by atoms with Crippen LogP contribution in [0.25, 0.3) is 0 Å². The van der Waals surface area contributed by atoms with Gasteiger partial charge in [-0.25, -0.2) is 4.79 Å². The Labute approximate surface area is 137 Å². The lowest BCUT2D eigenvalue weighted by Gasteiger charge is -2.20. The number of carbonyl (C=O) groups excluding carboxylic acids is 2. The Morgan fingerprint density at radius 3 is 2.65 bits per heavy atom. The first kappa shape index (κ1) is 18.3. The number of aliphatic carboxylic acids is 1. The smallest absolute Gasteiger partial charge is 0.334 e. The summed E-state index contributed by atoms with van der Waals surface area (Å²) in [6.45, 7) is 0. The molecule has 0 bridgehead atoms. The molecule has 2 heterocycles. The highest BCUT2D eigenvalue weighted by Crippen LogP contribution is 2.39. The summed E-state index contributed by atoms with van der Waals surface area (Å²) in [4.78, 5) is 53.1. The Balaban J connectivity index is 1.91. The number of thioether (sulfide) groups is 1. The van der Waals surface area contributed by atoms with Gasteiger partial charge in [0, 0.05) is 17.4 Å². The fourth-order valence-corrected chi connectivity index (χ4v) is 5.00. The molecule has 3 amide bonds. The van der Waals surface area contributed by atoms with E-state index in [0.717, 1.165) is 11.3 Å². The second kappa shape index (κ2) is 7.21. The number of hydrogen-bond donors (Lipinski definition) is 4. The number of nitrogens with one attached hydrogen (secondary N) is 1. The third-order valence-corrected chi connectivity index (χ3v) is 6.05. The molecule has 0 radical (unpaired) electrons. The quantitative estimate of drug-likeness (QED) is 0.284. The SMILES string of the molecule is O=C(O)CCCCC1SCC2C1NC(=O)N2C(=O)CP(=O)(O)O. The van der Waals surface area contributed by atoms with Crippen LogP contribution in [0.5, 0.6) is 0 Å². The molecule has 0 aromatic rings. The molecule has 9 nitrogen and oxygen atoms in total. The van der Waals surface area contributed by atoms with Crippen molar-refractivity contribution in [1.29, 1.82) is 0 Å². The van der Waals surface area contributed by atoms with E-state index in [9.17, 15) is 18.9 Å². The molecule has 0 aromatic heterocycles. The van der Waals surface area contributed by atoms with Crippen LogP contribution in [0.2, 0.25) is 0 Å². The van der Waals surface area contributed by atoms with Crippen molar-refractivity contribution in [3.05, 3.63) is 0 Å². The van der Waals surface area contributed by atoms with Crippen LogP contribution in [-0.4, -0.2) is 66.9 Å². The third kappa shape index (κ3) is 4.69. The van der Waals surface area contributed by atoms with E-state index in [1.807, 2.05) is 0 Å². The van der Waals surface area contributed by atoms with Gasteiger partial charge in [0.2, 0.25) is 5.91 Å². The van der Waals surface area contributed by atoms with Crippen LogP contribution in [0.15, 0.2) is 0 Å². The van der Waals surface area contributed by atoms with E-state index in [1.165, 1.54) is 0 Å². The third-order valence-electron chi connectivity index (χ3n) is 3.88. The Bertz CT molecular complexity index is 552. The van der Waals surface area contributed by atoms with Crippen molar-refractivity contribution < 1.29 is 33.8 Å². The molecule has 2 saturated heterocycles. The first-order chi connectivity index (χ1) is 10.7. The zero-order valence-electron chi connectivity index (χ0n) is 12.3. The van der Waals surface area contributed by atoms with E-state index in [4.69, 9.17) is 14.9 Å². The first-order valence-corrected chi connectivity index (χ1v) is 10.0. The van der Waals surface area contributed by atoms with Gasteiger partial charge in [-0.1, -0.05) is 6.42 Å². The van der Waals surface area contributed by atoms with Crippen molar-refractivity contribution in [1.82, 2.24) is 10.2 Å². The van der Waals surface area contributed by atoms with Gasteiger partial charge in [-0.15, -0.1) is 0 Å². The van der Waals surface area contributed by atoms with Crippen molar-refractivity contribution in [2.75, 3.05) is 11.9 Å². The lowest BCUT2D eigenvalue weighted by molar-refractivity contribution is -0.137. The number of amides is 3. The monoisotopic (exact) mass is 366 g/mol. The lowest BCUT2D eigenvalue weighted by atomic mass is 10.0. The molecule has 0 aromatic carbocycles. The molecule has 11 heteroatoms. The van der Waals surface area contributed by atoms with E-state index < -0.39 is 37.7 Å². The minimum atomic E-state index is -4.52. The molecular formula is C12H19N2O7PS. The molecule has 4 N–H and O–H groups in total. The molecule has 2 aliphatic rings. The summed E-state index contributed by atoms with van der Waals surface area (Å²) in [6, 6.07) is -1.27. The minimum absolute atomic E-state index is 0.0746. The maximum Gasteiger partial charge on any atom is 0.334 e. The van der Waals surface area contributed by atoms with Crippen LogP contribution >= 0.6 is 19.4 Å². The summed E-state index contributed by atoms with van der Waals surface area (Å²) < 4.78 is 11.0. The van der Waals surface area contributed by atoms with Gasteiger partial charge in [-0.2, -0.15) is 11.8 Å². The predicted molar refractivity (Wildman–Crippen MR) is 82.2 cm³/mol. The molecular weight excluding hydrogens is 347 g/mol. The van der Waals surface area contributed by atoms with Crippen molar-refractivity contribution in [2.45, 2.75) is 43.0 Å². The average molecular weight is 366 g/mol. The van der Waals surface area contributed by atoms with E-state index in [2.05, 4.69) is 5.32 Å². The van der Waals surface area contributed by atoms with Gasteiger partial charge >= 0.3 is 19.6 Å². The summed E-state index contributed by atoms with van der Waals surface area (Å²) in [7, 11) is -4.52. The van der Waals surface area contributed by atoms with Crippen molar-refractivity contribution in [3.8, 4) is 0 Å². The normalized spacial score (nSPS) is 27.0. The van der Waals surface area contributed by atoms with Gasteiger partial charge in [0.1, 0.15) is 6.16 Å². The van der Waals surface area contributed by atoms with Gasteiger partial charge in [-0.3, -0.25) is 19.1 Å². The molecule has 2 rings (SSSR count). The number of unbranched alkanes of at least 4 members (excludes halogenated alkanes) is 1. The molecule has 23 heavy (non-hydrogen) atoms. The van der Waals surface area contributed by atoms with Crippen LogP contribution < -0.4 is 5.32 Å². The molecule has 130 valence electrons. The highest BCUT2D eigenvalue weighted by atomic mass is 32.2. The Kier molecular flexibility index (Phi) is 5.72. The number of nitrogens with zero attached hydrogens (tertiary/aromatic N) is 1. The standard InChI is InChI=1S/C12H19N2O7PS/c15-9(5-22(19,20)21)14-7-6-23-8(11(7)13-12(14)18)3-1-2-4-10(16)17/h7-8,11H,1-6H2,(H,13,18)(H,16,17)(H2,19,20,21). The predicted octanol–water partition coefficient (Wildman–Crippen LogP) is 0.214. The van der Waals surface area contributed by atoms with Gasteiger partial charge in [0.15, 0.2) is 0 Å². The lowest BCUT2D eigenvalue weighted by Crippen LogP contribution is -2.42. The number of urea groups is 1. The second-order valence-electron chi connectivity index (χ2n) is 5.64. The molecule has 0 aliphatic carbocycles. The molecule has 3 unspecified atom stereocenters. The zero-order valence-corrected chi connectivity index (χ0v) is 14.0. The number of fused-ring (bicyclic) bond motifs is 1. The Morgan fingerprint density at radius 1 is 1.35 bits per heavy atom. The summed E-state index contributed by atoms with van der Waals surface area (Å²) in [6.07, 6.45) is 1.11. The summed E-state index contributed by atoms with van der Waals surface area (Å²) in [5.41, 5.74) is 0. The summed E-state index contributed by atoms with van der Waals surface area (Å²) in [5, 5.41) is 11.4. The summed E-state index contributed by atoms with van der Waals surface area (Å²) in [5.74, 6) is -1.19. The van der Waals surface area contributed by atoms with Crippen LogP contribution in [0.4, 0.5) is 4.79 Å². The first-order valence-electron chi connectivity index (χ1n) is 7.19. The molecule has 2 aliphatic heterocycles. The van der Waals surface area contributed by atoms with E-state index in [0.29, 0.717) is 18.6 Å². The number of hydrogen-bond acceptors (Lipinski definition) is 5. The van der Waals surface area contributed by atoms with Gasteiger partial charge in [0.05, 0.1) is 12.1 Å². The fraction of sp³-hybridized carbons (Fsp3) is 0.750. The van der Waals surface area contributed by atoms with E-state index >= 15 is 0 Å². The van der Waals surface area contributed by atoms with Crippen LogP contribution in [0.3, 0.4) is 0 Å². The van der Waals surface area contributed by atoms with Crippen molar-refractivity contribution in [3.63, 3.8) is 0 Å². The van der Waals surface area contributed by atoms with E-state index in [1.54, 1.807) is 11.8 Å². The Morgan fingerprint density at radius 2 is 2.04 bits per heavy atom. The summed E-state index contributed by atoms with van der Waals surface area (Å²) >= 11 is 1.58. The second-order valence-corrected chi connectivity index (χ2v) is 8.56. The number of imide groups is 1. The molecule has 2 fully saturated rings.